The molecule has 0 spiro atoms. The minimum absolute atomic E-state index is 0.141. The second-order valence-corrected chi connectivity index (χ2v) is 5.55. The molecule has 0 bridgehead atoms. The molecule has 1 aliphatic heterocycles. The van der Waals surface area contributed by atoms with Gasteiger partial charge in [-0.05, 0) is 25.2 Å². The highest BCUT2D eigenvalue weighted by atomic mass is 79.9. The van der Waals surface area contributed by atoms with Crippen molar-refractivity contribution in [3.63, 3.8) is 0 Å². The van der Waals surface area contributed by atoms with E-state index in [2.05, 4.69) is 27.8 Å². The number of hydrogen-bond acceptors (Lipinski definition) is 3. The van der Waals surface area contributed by atoms with Gasteiger partial charge in [0.1, 0.15) is 0 Å². The van der Waals surface area contributed by atoms with Crippen molar-refractivity contribution < 1.29 is 9.84 Å². The van der Waals surface area contributed by atoms with Crippen LogP contribution in [0.4, 0.5) is 0 Å². The van der Waals surface area contributed by atoms with Crippen molar-refractivity contribution in [3.05, 3.63) is 0 Å². The zero-order valence-corrected chi connectivity index (χ0v) is 12.5. The van der Waals surface area contributed by atoms with Crippen LogP contribution >= 0.6 is 15.9 Å². The molecule has 0 aromatic rings. The summed E-state index contributed by atoms with van der Waals surface area (Å²) in [5, 5.41) is 9.83. The first-order chi connectivity index (χ1) is 8.30. The molecule has 1 aliphatic rings. The molecule has 1 atom stereocenters. The van der Waals surface area contributed by atoms with Crippen LogP contribution in [0.5, 0.6) is 0 Å². The molecule has 0 aliphatic carbocycles. The van der Waals surface area contributed by atoms with E-state index in [4.69, 9.17) is 9.84 Å². The van der Waals surface area contributed by atoms with Gasteiger partial charge in [0.25, 0.3) is 0 Å². The summed E-state index contributed by atoms with van der Waals surface area (Å²) < 4.78 is 5.57. The van der Waals surface area contributed by atoms with Crippen LogP contribution in [0.25, 0.3) is 0 Å². The van der Waals surface area contributed by atoms with Crippen LogP contribution in [0.15, 0.2) is 0 Å². The van der Waals surface area contributed by atoms with Crippen molar-refractivity contribution in [2.24, 2.45) is 5.92 Å². The quantitative estimate of drug-likeness (QED) is 0.698. The van der Waals surface area contributed by atoms with Crippen molar-refractivity contribution >= 4 is 15.9 Å². The summed E-state index contributed by atoms with van der Waals surface area (Å²) >= 11 is 3.61. The summed E-state index contributed by atoms with van der Waals surface area (Å²) in [7, 11) is 0. The zero-order valence-electron chi connectivity index (χ0n) is 10.9. The second kappa shape index (κ2) is 9.31. The summed E-state index contributed by atoms with van der Waals surface area (Å²) in [5.74, 6) is 0.787. The van der Waals surface area contributed by atoms with E-state index < -0.39 is 0 Å². The second-order valence-electron chi connectivity index (χ2n) is 4.90. The van der Waals surface area contributed by atoms with Crippen LogP contribution < -0.4 is 0 Å². The third kappa shape index (κ3) is 6.18. The van der Waals surface area contributed by atoms with Gasteiger partial charge in [-0.15, -0.1) is 0 Å². The Morgan fingerprint density at radius 2 is 2.12 bits per heavy atom. The van der Waals surface area contributed by atoms with Gasteiger partial charge in [-0.1, -0.05) is 29.3 Å². The maximum atomic E-state index is 8.72. The number of ether oxygens (including phenoxy) is 1. The van der Waals surface area contributed by atoms with Gasteiger partial charge in [0.05, 0.1) is 19.3 Å². The highest BCUT2D eigenvalue weighted by Crippen LogP contribution is 2.17. The largest absolute Gasteiger partial charge is 0.394 e. The van der Waals surface area contributed by atoms with Gasteiger partial charge in [-0.25, -0.2) is 0 Å². The number of halogens is 1. The number of piperidine rings is 1. The minimum atomic E-state index is 0.141. The monoisotopic (exact) mass is 307 g/mol. The van der Waals surface area contributed by atoms with Gasteiger partial charge in [0.2, 0.25) is 0 Å². The molecule has 1 fully saturated rings. The Kier molecular flexibility index (Phi) is 8.44. The van der Waals surface area contributed by atoms with Gasteiger partial charge in [0.15, 0.2) is 0 Å². The fourth-order valence-electron chi connectivity index (χ4n) is 2.47. The summed E-state index contributed by atoms with van der Waals surface area (Å²) in [5.41, 5.74) is 0. The Labute approximate surface area is 114 Å². The average molecular weight is 308 g/mol. The van der Waals surface area contributed by atoms with E-state index in [1.165, 1.54) is 19.4 Å². The van der Waals surface area contributed by atoms with E-state index in [9.17, 15) is 0 Å². The van der Waals surface area contributed by atoms with E-state index in [0.717, 1.165) is 37.2 Å². The number of rotatable bonds is 8. The highest BCUT2D eigenvalue weighted by Gasteiger charge is 2.21. The number of alkyl halides is 1. The molecular weight excluding hydrogens is 282 g/mol. The van der Waals surface area contributed by atoms with E-state index in [0.29, 0.717) is 12.7 Å². The SMILES string of the molecule is CCCC(CBr)CN1CCC(OCCO)CC1. The number of nitrogens with zero attached hydrogens (tertiary/aromatic N) is 1. The number of likely N-dealkylation sites (tertiary alicyclic amines) is 1. The van der Waals surface area contributed by atoms with Gasteiger partial charge < -0.3 is 14.7 Å². The predicted molar refractivity (Wildman–Crippen MR) is 74.7 cm³/mol. The van der Waals surface area contributed by atoms with Gasteiger partial charge in [0, 0.05) is 25.0 Å². The summed E-state index contributed by atoms with van der Waals surface area (Å²) in [6.45, 7) is 6.38. The predicted octanol–water partition coefficient (Wildman–Crippen LogP) is 2.27. The number of hydrogen-bond donors (Lipinski definition) is 1. The molecule has 4 heteroatoms. The van der Waals surface area contributed by atoms with E-state index >= 15 is 0 Å². The molecule has 1 unspecified atom stereocenters. The summed E-state index contributed by atoms with van der Waals surface area (Å²) in [6, 6.07) is 0. The molecule has 1 rings (SSSR count). The Hall–Kier alpha value is 0.360. The lowest BCUT2D eigenvalue weighted by atomic mass is 10.0. The lowest BCUT2D eigenvalue weighted by Gasteiger charge is -2.33. The summed E-state index contributed by atoms with van der Waals surface area (Å²) in [6.07, 6.45) is 5.17. The summed E-state index contributed by atoms with van der Waals surface area (Å²) in [4.78, 5) is 2.56. The van der Waals surface area contributed by atoms with Crippen LogP contribution in [-0.2, 0) is 4.74 Å². The van der Waals surface area contributed by atoms with Crippen molar-refractivity contribution in [1.29, 1.82) is 0 Å². The topological polar surface area (TPSA) is 32.7 Å². The molecule has 1 saturated heterocycles. The fourth-order valence-corrected chi connectivity index (χ4v) is 3.00. The van der Waals surface area contributed by atoms with Crippen LogP contribution in [0, 0.1) is 5.92 Å². The first-order valence-corrected chi connectivity index (χ1v) is 7.93. The lowest BCUT2D eigenvalue weighted by Crippen LogP contribution is -2.40. The van der Waals surface area contributed by atoms with Gasteiger partial charge in [-0.3, -0.25) is 0 Å². The Morgan fingerprint density at radius 3 is 2.65 bits per heavy atom. The minimum Gasteiger partial charge on any atom is -0.394 e. The Balaban J connectivity index is 2.17. The number of aliphatic hydroxyl groups is 1. The molecule has 102 valence electrons. The molecule has 0 amide bonds. The van der Waals surface area contributed by atoms with Gasteiger partial charge >= 0.3 is 0 Å². The standard InChI is InChI=1S/C13H26BrNO2/c1-2-3-12(10-14)11-15-6-4-13(5-7-15)17-9-8-16/h12-13,16H,2-11H2,1H3. The first kappa shape index (κ1) is 15.4. The average Bonchev–Trinajstić information content (AvgIpc) is 2.37. The molecule has 1 N–H and O–H groups in total. The third-order valence-electron chi connectivity index (χ3n) is 3.41. The van der Waals surface area contributed by atoms with E-state index in [-0.39, 0.29) is 6.61 Å². The van der Waals surface area contributed by atoms with Gasteiger partial charge in [-0.2, -0.15) is 0 Å². The van der Waals surface area contributed by atoms with Crippen molar-refractivity contribution in [1.82, 2.24) is 4.90 Å². The molecule has 0 radical (unpaired) electrons. The fraction of sp³-hybridized carbons (Fsp3) is 1.00. The van der Waals surface area contributed by atoms with Crippen molar-refractivity contribution in [2.75, 3.05) is 38.2 Å². The van der Waals surface area contributed by atoms with Crippen molar-refractivity contribution in [2.45, 2.75) is 38.7 Å². The number of aliphatic hydroxyl groups excluding tert-OH is 1. The van der Waals surface area contributed by atoms with Crippen molar-refractivity contribution in [3.8, 4) is 0 Å². The van der Waals surface area contributed by atoms with Crippen LogP contribution in [0.2, 0.25) is 0 Å². The molecule has 0 aromatic carbocycles. The molecule has 0 saturated carbocycles. The molecular formula is C13H26BrNO2. The Morgan fingerprint density at radius 1 is 1.41 bits per heavy atom. The van der Waals surface area contributed by atoms with Crippen LogP contribution in [0.1, 0.15) is 32.6 Å². The van der Waals surface area contributed by atoms with E-state index in [1.54, 1.807) is 0 Å². The third-order valence-corrected chi connectivity index (χ3v) is 4.33. The lowest BCUT2D eigenvalue weighted by molar-refractivity contribution is -0.00963. The maximum Gasteiger partial charge on any atom is 0.0701 e. The molecule has 3 nitrogen and oxygen atoms in total. The van der Waals surface area contributed by atoms with Crippen LogP contribution in [0.3, 0.4) is 0 Å². The normalized spacial score (nSPS) is 20.6. The molecule has 17 heavy (non-hydrogen) atoms. The highest BCUT2D eigenvalue weighted by molar-refractivity contribution is 9.09. The first-order valence-electron chi connectivity index (χ1n) is 6.80. The smallest absolute Gasteiger partial charge is 0.0701 e. The van der Waals surface area contributed by atoms with E-state index in [1.807, 2.05) is 0 Å². The molecule has 1 heterocycles. The zero-order chi connectivity index (χ0) is 12.5. The Bertz CT molecular complexity index is 184. The maximum absolute atomic E-state index is 8.72. The van der Waals surface area contributed by atoms with Crippen LogP contribution in [-0.4, -0.2) is 54.3 Å². The molecule has 0 aromatic heterocycles.